The number of methoxy groups -OCH3 is 5. The highest BCUT2D eigenvalue weighted by molar-refractivity contribution is 6.14. The number of nitriles is 1. The number of carbonyl (C=O) groups is 10. The molecule has 1 aromatic carbocycles. The fourth-order valence-corrected chi connectivity index (χ4v) is 3.02. The van der Waals surface area contributed by atoms with Crippen LogP contribution in [0.2, 0.25) is 0 Å². The quantitative estimate of drug-likeness (QED) is 0.0285. The highest BCUT2D eigenvalue weighted by Gasteiger charge is 2.10. The number of hydrogen-bond acceptors (Lipinski definition) is 17. The van der Waals surface area contributed by atoms with Gasteiger partial charge in [0.2, 0.25) is 0 Å². The zero-order valence-electron chi connectivity index (χ0n) is 46.6. The molecule has 0 fully saturated rings. The summed E-state index contributed by atoms with van der Waals surface area (Å²) in [5, 5.41) is 9.52. The van der Waals surface area contributed by atoms with Crippen LogP contribution in [0.1, 0.15) is 52.9 Å². The lowest BCUT2D eigenvalue weighted by atomic mass is 10.2. The van der Waals surface area contributed by atoms with Crippen LogP contribution in [0.5, 0.6) is 0 Å². The number of esters is 7. The molecule has 79 heavy (non-hydrogen) atoms. The molecule has 0 amide bonds. The maximum absolute atomic E-state index is 10.3. The molecule has 0 unspecified atom stereocenters. The van der Waals surface area contributed by atoms with E-state index in [0.717, 1.165) is 53.2 Å². The first-order valence-electron chi connectivity index (χ1n) is 22.9. The minimum atomic E-state index is -0.759. The summed E-state index contributed by atoms with van der Waals surface area (Å²) >= 11 is 0. The van der Waals surface area contributed by atoms with Crippen molar-refractivity contribution in [2.24, 2.45) is 0 Å². The molecule has 1 heterocycles. The number of benzene rings is 1. The molecule has 17 nitrogen and oxygen atoms in total. The second-order valence-corrected chi connectivity index (χ2v) is 13.4. The van der Waals surface area contributed by atoms with E-state index >= 15 is 0 Å². The van der Waals surface area contributed by atoms with Gasteiger partial charge in [0.1, 0.15) is 0 Å². The van der Waals surface area contributed by atoms with Crippen molar-refractivity contribution in [1.82, 2.24) is 0 Å². The molecule has 0 N–H and O–H groups in total. The summed E-state index contributed by atoms with van der Waals surface area (Å²) in [7, 11) is 6.20. The third-order valence-corrected chi connectivity index (χ3v) is 7.01. The second kappa shape index (κ2) is 65.9. The Kier molecular flexibility index (Phi) is 69.1. The van der Waals surface area contributed by atoms with Gasteiger partial charge in [0.15, 0.2) is 17.3 Å². The predicted octanol–water partition coefficient (Wildman–Crippen LogP) is 8.53. The van der Waals surface area contributed by atoms with Crippen molar-refractivity contribution < 1.29 is 76.4 Å². The van der Waals surface area contributed by atoms with Crippen molar-refractivity contribution >= 4 is 72.3 Å². The van der Waals surface area contributed by atoms with Gasteiger partial charge in [-0.05, 0) is 80.3 Å². The molecule has 0 spiro atoms. The summed E-state index contributed by atoms with van der Waals surface area (Å²) in [6, 6.07) is 9.50. The molecular weight excluding hydrogens is 1010 g/mol. The lowest BCUT2D eigenvalue weighted by molar-refractivity contribution is -0.150. The number of nitrogens with zero attached hydrogens (tertiary/aromatic N) is 1. The first kappa shape index (κ1) is 82.9. The Morgan fingerprint density at radius 3 is 1.09 bits per heavy atom. The lowest BCUT2D eigenvalue weighted by Crippen LogP contribution is -2.19. The number of ketones is 3. The van der Waals surface area contributed by atoms with Gasteiger partial charge in [-0.3, -0.25) is 19.2 Å². The maximum atomic E-state index is 10.3. The van der Waals surface area contributed by atoms with Crippen molar-refractivity contribution in [3.63, 3.8) is 0 Å². The molecule has 1 aliphatic heterocycles. The Morgan fingerprint density at radius 1 is 0.595 bits per heavy atom. The van der Waals surface area contributed by atoms with Crippen molar-refractivity contribution in [1.29, 1.82) is 5.26 Å². The van der Waals surface area contributed by atoms with Gasteiger partial charge in [0.05, 0.1) is 41.6 Å². The predicted molar refractivity (Wildman–Crippen MR) is 310 cm³/mol. The number of allylic oxidation sites excluding steroid dienone is 18. The number of carbonyl (C=O) groups excluding carboxylic acids is 10. The summed E-state index contributed by atoms with van der Waals surface area (Å²) < 4.78 is 25.0. The summed E-state index contributed by atoms with van der Waals surface area (Å²) in [5.74, 6) is -0.383. The third-order valence-electron chi connectivity index (χ3n) is 7.01. The van der Waals surface area contributed by atoms with Gasteiger partial charge in [-0.15, -0.1) is 0 Å². The normalized spacial score (nSPS) is 10.9. The molecule has 0 saturated carbocycles. The first-order valence-corrected chi connectivity index (χ1v) is 22.9. The summed E-state index contributed by atoms with van der Waals surface area (Å²) in [6.45, 7) is 32.9. The van der Waals surface area contributed by atoms with Crippen LogP contribution in [0.15, 0.2) is 197 Å². The zero-order valence-corrected chi connectivity index (χ0v) is 46.6. The average Bonchev–Trinajstić information content (AvgIpc) is 4.20. The molecule has 4 aliphatic rings. The van der Waals surface area contributed by atoms with Gasteiger partial charge in [0, 0.05) is 48.6 Å². The van der Waals surface area contributed by atoms with E-state index in [9.17, 15) is 47.9 Å². The largest absolute Gasteiger partial charge is 0.469 e. The monoisotopic (exact) mass is 1090 g/mol. The van der Waals surface area contributed by atoms with E-state index in [4.69, 9.17) is 5.26 Å². The molecule has 1 aromatic rings. The van der Waals surface area contributed by atoms with E-state index < -0.39 is 35.8 Å². The zero-order chi connectivity index (χ0) is 62.1. The van der Waals surface area contributed by atoms with Crippen molar-refractivity contribution in [2.75, 3.05) is 35.5 Å². The van der Waals surface area contributed by atoms with Crippen LogP contribution < -0.4 is 10.4 Å². The Morgan fingerprint density at radius 2 is 0.937 bits per heavy atom. The topological polar surface area (TPSA) is 250 Å². The fourth-order valence-electron chi connectivity index (χ4n) is 3.02. The van der Waals surface area contributed by atoms with Gasteiger partial charge < -0.3 is 28.4 Å². The lowest BCUT2D eigenvalue weighted by Gasteiger charge is -1.91. The van der Waals surface area contributed by atoms with Gasteiger partial charge in [-0.25, -0.2) is 28.8 Å². The smallest absolute Gasteiger partial charge is 0.384 e. The minimum absolute atomic E-state index is 0.0185. The molecule has 3 aliphatic carbocycles. The Balaban J connectivity index is -0.000000145. The molecule has 0 atom stereocenters. The number of ether oxygens (including phenoxy) is 6. The van der Waals surface area contributed by atoms with Gasteiger partial charge in [-0.1, -0.05) is 156 Å². The van der Waals surface area contributed by atoms with Crippen LogP contribution in [0, 0.1) is 23.2 Å². The average molecular weight is 1090 g/mol. The summed E-state index contributed by atoms with van der Waals surface area (Å²) in [4.78, 5) is 101. The van der Waals surface area contributed by atoms with Crippen molar-refractivity contribution in [3.8, 4) is 17.9 Å². The fraction of sp³-hybridized carbons (Fsp3) is 0.210. The van der Waals surface area contributed by atoms with Crippen molar-refractivity contribution in [2.45, 2.75) is 52.9 Å². The standard InChI is InChI=1S/C8H8.C6H8O4.C6H6O4.C6H4O2.C6H8.C5H10O2.C5H6.C5H8.C4H2O3.C4H6O.C4H6.C3H3N/c1-7-5-3-4-6-8(7)2;2*1-9-5(7)3-4-6(8)10-2;7-5-1-2-6(8)4-3-5;1-2-4-6-5-3-1;1-3-4-5(6)7-2;1-2-4-5-3-1;1-4-5(2)3;5-3-1-2-4(6)7-3;1-3-4(2)5;1-3-4-2;1-2-3-4/h3-6H,1-2H2;3-4H,1-2H3;1-2H3;1-4H;1-4H,5-6H2;3-4H2,1-2H3;1-4H,5H2;4H,1-2H2,3H3;1-2H;3H,1H2,2H3;3-4H,1-2H2;2H,1H2/b;4-3-;;;;;;;;;;. The summed E-state index contributed by atoms with van der Waals surface area (Å²) in [6.07, 6.45) is 38.5. The SMILES string of the molecule is C1=CCC=C1.C1=CCCC=C1.C=CC#N.C=CC(=C)C.C=CC(C)=O.C=CC=C.C=c1ccccc1=C.CCCC(=O)OC.COC(=O)/C=C\C(=O)OC.COC(=O)C#CC(=O)OC.O=C1C=CC(=O)C=C1.O=C1C=CC(=O)O1. The van der Waals surface area contributed by atoms with Gasteiger partial charge in [-0.2, -0.15) is 5.26 Å². The number of rotatable bonds is 7. The van der Waals surface area contributed by atoms with E-state index in [1.807, 2.05) is 50.0 Å². The van der Waals surface area contributed by atoms with Crippen LogP contribution in [0.25, 0.3) is 13.2 Å². The minimum Gasteiger partial charge on any atom is -0.469 e. The van der Waals surface area contributed by atoms with Crippen LogP contribution in [0.4, 0.5) is 0 Å². The van der Waals surface area contributed by atoms with Crippen LogP contribution in [-0.4, -0.2) is 94.7 Å². The third kappa shape index (κ3) is 82.2. The number of cyclic esters (lactones) is 2. The highest BCUT2D eigenvalue weighted by atomic mass is 16.6. The van der Waals surface area contributed by atoms with Crippen LogP contribution in [-0.2, 0) is 76.4 Å². The highest BCUT2D eigenvalue weighted by Crippen LogP contribution is 1.98. The van der Waals surface area contributed by atoms with Crippen molar-refractivity contribution in [3.05, 3.63) is 207 Å². The molecule has 424 valence electrons. The Hall–Kier alpha value is -10.1. The number of hydrogen-bond donors (Lipinski definition) is 0. The van der Waals surface area contributed by atoms with Crippen LogP contribution in [0.3, 0.4) is 0 Å². The van der Waals surface area contributed by atoms with Gasteiger partial charge >= 0.3 is 41.8 Å². The summed E-state index contributed by atoms with van der Waals surface area (Å²) in [5.41, 5.74) is 1.02. The van der Waals surface area contributed by atoms with E-state index in [1.54, 1.807) is 24.3 Å². The Labute approximate surface area is 466 Å². The van der Waals surface area contributed by atoms with E-state index in [1.165, 1.54) is 91.8 Å². The van der Waals surface area contributed by atoms with E-state index in [0.29, 0.717) is 6.42 Å². The molecule has 5 rings (SSSR count). The van der Waals surface area contributed by atoms with Gasteiger partial charge in [0.25, 0.3) is 0 Å². The molecular formula is C62H75NO16. The molecule has 17 heteroatoms. The van der Waals surface area contributed by atoms with Crippen LogP contribution >= 0.6 is 0 Å². The molecule has 0 aromatic heterocycles. The first-order chi connectivity index (χ1) is 37.5. The second-order valence-electron chi connectivity index (χ2n) is 13.4. The molecule has 0 radical (unpaired) electrons. The Bertz CT molecular complexity index is 2400. The molecule has 0 saturated heterocycles. The maximum Gasteiger partial charge on any atom is 0.384 e. The molecule has 0 bridgehead atoms. The van der Waals surface area contributed by atoms with E-state index in [-0.39, 0.29) is 23.3 Å². The van der Waals surface area contributed by atoms with E-state index in [2.05, 4.69) is 130 Å².